The van der Waals surface area contributed by atoms with Gasteiger partial charge in [-0.2, -0.15) is 0 Å². The zero-order chi connectivity index (χ0) is 23.2. The van der Waals surface area contributed by atoms with Crippen LogP contribution in [0.25, 0.3) is 0 Å². The number of unbranched alkanes of at least 4 members (excludes halogenated alkanes) is 14. The van der Waals surface area contributed by atoms with Crippen molar-refractivity contribution >= 4 is 5.97 Å². The van der Waals surface area contributed by atoms with Gasteiger partial charge in [0.15, 0.2) is 0 Å². The quantitative estimate of drug-likeness (QED) is 0.210. The molecule has 2 atom stereocenters. The number of aliphatic hydroxyl groups is 1. The van der Waals surface area contributed by atoms with Crippen LogP contribution in [0.4, 0.5) is 0 Å². The minimum Gasteiger partial charge on any atom is -0.481 e. The summed E-state index contributed by atoms with van der Waals surface area (Å²) < 4.78 is 0. The van der Waals surface area contributed by atoms with Crippen LogP contribution in [-0.4, -0.2) is 22.2 Å². The Balaban J connectivity index is 0.000000683. The first-order chi connectivity index (χ1) is 15.0. The van der Waals surface area contributed by atoms with Crippen molar-refractivity contribution in [1.82, 2.24) is 0 Å². The lowest BCUT2D eigenvalue weighted by Crippen LogP contribution is -2.24. The Bertz CT molecular complexity index is 504. The van der Waals surface area contributed by atoms with E-state index in [1.54, 1.807) is 6.92 Å². The minimum atomic E-state index is -0.653. The molecule has 1 aromatic carbocycles. The third kappa shape index (κ3) is 20.3. The number of carbonyl (C=O) groups is 1. The molecule has 0 fully saturated rings. The number of hydrogen-bond donors (Lipinski definition) is 3. The van der Waals surface area contributed by atoms with Gasteiger partial charge in [0.1, 0.15) is 0 Å². The Morgan fingerprint density at radius 2 is 1.16 bits per heavy atom. The first-order valence-corrected chi connectivity index (χ1v) is 12.7. The molecule has 0 aliphatic carbocycles. The lowest BCUT2D eigenvalue weighted by molar-refractivity contribution is -0.137. The zero-order valence-corrected chi connectivity index (χ0v) is 20.2. The molecule has 4 N–H and O–H groups in total. The molecule has 1 aromatic rings. The molecule has 180 valence electrons. The molecule has 0 amide bonds. The molecule has 0 radical (unpaired) electrons. The number of carboxylic acids is 1. The van der Waals surface area contributed by atoms with Crippen LogP contribution in [0.5, 0.6) is 0 Å². The van der Waals surface area contributed by atoms with Gasteiger partial charge in [0, 0.05) is 12.5 Å². The van der Waals surface area contributed by atoms with Crippen LogP contribution in [0.3, 0.4) is 0 Å². The van der Waals surface area contributed by atoms with E-state index in [2.05, 4.69) is 6.92 Å². The molecule has 0 aromatic heterocycles. The van der Waals surface area contributed by atoms with Gasteiger partial charge in [-0.25, -0.2) is 0 Å². The standard InChI is InChI=1S/C18H36O2.C9H13NO/c1-2-3-4-5-6-7-8-9-10-11-12-13-14-15-16-17-18(19)20;1-7(10)9(11)8-5-3-2-4-6-8/h2-17H2,1H3,(H,19,20);2-7,9,11H,10H2,1H3/t;7-,9-/m.1/s1. The van der Waals surface area contributed by atoms with Crippen molar-refractivity contribution in [2.75, 3.05) is 0 Å². The number of carboxylic acid groups (broad SMARTS) is 1. The fourth-order valence-electron chi connectivity index (χ4n) is 3.60. The molecular weight excluding hydrogens is 386 g/mol. The maximum absolute atomic E-state index is 10.3. The Morgan fingerprint density at radius 3 is 1.52 bits per heavy atom. The van der Waals surface area contributed by atoms with Gasteiger partial charge in [0.25, 0.3) is 0 Å². The largest absolute Gasteiger partial charge is 0.481 e. The zero-order valence-electron chi connectivity index (χ0n) is 20.2. The molecule has 31 heavy (non-hydrogen) atoms. The van der Waals surface area contributed by atoms with E-state index in [1.807, 2.05) is 30.3 Å². The lowest BCUT2D eigenvalue weighted by Gasteiger charge is -2.13. The highest BCUT2D eigenvalue weighted by molar-refractivity contribution is 5.66. The van der Waals surface area contributed by atoms with Crippen LogP contribution in [-0.2, 0) is 4.79 Å². The fourth-order valence-corrected chi connectivity index (χ4v) is 3.60. The van der Waals surface area contributed by atoms with Gasteiger partial charge in [-0.1, -0.05) is 127 Å². The van der Waals surface area contributed by atoms with E-state index in [-0.39, 0.29) is 6.04 Å². The molecule has 0 saturated carbocycles. The van der Waals surface area contributed by atoms with Crippen molar-refractivity contribution in [1.29, 1.82) is 0 Å². The third-order valence-corrected chi connectivity index (χ3v) is 5.63. The van der Waals surface area contributed by atoms with E-state index in [0.717, 1.165) is 18.4 Å². The lowest BCUT2D eigenvalue weighted by atomic mass is 10.0. The van der Waals surface area contributed by atoms with E-state index in [0.29, 0.717) is 6.42 Å². The van der Waals surface area contributed by atoms with Crippen LogP contribution >= 0.6 is 0 Å². The Labute approximate surface area is 191 Å². The summed E-state index contributed by atoms with van der Waals surface area (Å²) in [5.41, 5.74) is 6.40. The Kier molecular flexibility index (Phi) is 20.8. The summed E-state index contributed by atoms with van der Waals surface area (Å²) in [6, 6.07) is 9.22. The highest BCUT2D eigenvalue weighted by Crippen LogP contribution is 2.14. The smallest absolute Gasteiger partial charge is 0.303 e. The topological polar surface area (TPSA) is 83.5 Å². The number of rotatable bonds is 18. The Hall–Kier alpha value is -1.39. The van der Waals surface area contributed by atoms with Gasteiger partial charge in [-0.3, -0.25) is 4.79 Å². The van der Waals surface area contributed by atoms with Gasteiger partial charge in [0.2, 0.25) is 0 Å². The van der Waals surface area contributed by atoms with Gasteiger partial charge in [0.05, 0.1) is 6.10 Å². The average molecular weight is 436 g/mol. The molecule has 0 aliphatic heterocycles. The average Bonchev–Trinajstić information content (AvgIpc) is 2.76. The van der Waals surface area contributed by atoms with Crippen molar-refractivity contribution < 1.29 is 15.0 Å². The molecule has 4 heteroatoms. The van der Waals surface area contributed by atoms with Crippen molar-refractivity contribution in [2.24, 2.45) is 5.73 Å². The predicted octanol–water partition coefficient (Wildman–Crippen LogP) is 7.40. The normalized spacial score (nSPS) is 12.6. The van der Waals surface area contributed by atoms with Crippen LogP contribution in [0.2, 0.25) is 0 Å². The SMILES string of the molecule is CCCCCCCCCCCCCCCCCC(=O)O.C[C@@H](N)[C@@H](O)c1ccccc1. The molecule has 4 nitrogen and oxygen atoms in total. The van der Waals surface area contributed by atoms with Gasteiger partial charge in [-0.05, 0) is 18.9 Å². The van der Waals surface area contributed by atoms with E-state index < -0.39 is 12.1 Å². The summed E-state index contributed by atoms with van der Waals surface area (Å²) in [7, 11) is 0. The van der Waals surface area contributed by atoms with Gasteiger partial charge >= 0.3 is 5.97 Å². The molecule has 1 rings (SSSR count). The molecule has 0 heterocycles. The second-order valence-corrected chi connectivity index (χ2v) is 8.81. The summed E-state index contributed by atoms with van der Waals surface area (Å²) in [5, 5.41) is 18.0. The summed E-state index contributed by atoms with van der Waals surface area (Å²) in [6.45, 7) is 4.06. The Morgan fingerprint density at radius 1 is 0.774 bits per heavy atom. The molecule has 0 aliphatic rings. The maximum Gasteiger partial charge on any atom is 0.303 e. The highest BCUT2D eigenvalue weighted by Gasteiger charge is 2.10. The third-order valence-electron chi connectivity index (χ3n) is 5.63. The van der Waals surface area contributed by atoms with Crippen LogP contribution in [0.15, 0.2) is 30.3 Å². The van der Waals surface area contributed by atoms with Gasteiger partial charge in [-0.15, -0.1) is 0 Å². The summed E-state index contributed by atoms with van der Waals surface area (Å²) in [5.74, 6) is -0.653. The minimum absolute atomic E-state index is 0.211. The van der Waals surface area contributed by atoms with E-state index in [9.17, 15) is 9.90 Å². The molecular formula is C27H49NO3. The summed E-state index contributed by atoms with van der Waals surface area (Å²) in [4.78, 5) is 10.3. The monoisotopic (exact) mass is 435 g/mol. The summed E-state index contributed by atoms with van der Waals surface area (Å²) >= 11 is 0. The number of hydrogen-bond acceptors (Lipinski definition) is 3. The fraction of sp³-hybridized carbons (Fsp3) is 0.741. The highest BCUT2D eigenvalue weighted by atomic mass is 16.4. The first kappa shape index (κ1) is 29.6. The predicted molar refractivity (Wildman–Crippen MR) is 132 cm³/mol. The van der Waals surface area contributed by atoms with Crippen molar-refractivity contribution in [2.45, 2.75) is 129 Å². The maximum atomic E-state index is 10.3. The van der Waals surface area contributed by atoms with Crippen molar-refractivity contribution in [3.05, 3.63) is 35.9 Å². The molecule has 0 unspecified atom stereocenters. The molecule has 0 bridgehead atoms. The number of aliphatic carboxylic acids is 1. The van der Waals surface area contributed by atoms with Crippen molar-refractivity contribution in [3.8, 4) is 0 Å². The van der Waals surface area contributed by atoms with E-state index in [1.165, 1.54) is 83.5 Å². The van der Waals surface area contributed by atoms with E-state index >= 15 is 0 Å². The second-order valence-electron chi connectivity index (χ2n) is 8.81. The molecule has 0 saturated heterocycles. The number of aliphatic hydroxyl groups excluding tert-OH is 1. The van der Waals surface area contributed by atoms with E-state index in [4.69, 9.17) is 10.8 Å². The second kappa shape index (κ2) is 21.8. The van der Waals surface area contributed by atoms with Crippen molar-refractivity contribution in [3.63, 3.8) is 0 Å². The first-order valence-electron chi connectivity index (χ1n) is 12.7. The summed E-state index contributed by atoms with van der Waals surface area (Å²) in [6.07, 6.45) is 19.7. The van der Waals surface area contributed by atoms with Crippen LogP contribution < -0.4 is 5.73 Å². The number of benzene rings is 1. The van der Waals surface area contributed by atoms with Gasteiger partial charge < -0.3 is 15.9 Å². The number of nitrogens with two attached hydrogens (primary N) is 1. The molecule has 0 spiro atoms. The van der Waals surface area contributed by atoms with Crippen LogP contribution in [0, 0.1) is 0 Å². The van der Waals surface area contributed by atoms with Crippen LogP contribution in [0.1, 0.15) is 128 Å².